The molecule has 1 aliphatic rings. The summed E-state index contributed by atoms with van der Waals surface area (Å²) in [4.78, 5) is 5.43. The lowest BCUT2D eigenvalue weighted by atomic mass is 10.3. The molecule has 2 rings (SSSR count). The zero-order chi connectivity index (χ0) is 10.7. The van der Waals surface area contributed by atoms with Crippen LogP contribution in [-0.2, 0) is 0 Å². The molecule has 1 aromatic rings. The third kappa shape index (κ3) is 2.79. The predicted octanol–water partition coefficient (Wildman–Crippen LogP) is 2.02. The summed E-state index contributed by atoms with van der Waals surface area (Å²) < 4.78 is 0. The lowest BCUT2D eigenvalue weighted by molar-refractivity contribution is 0.959. The molecule has 0 radical (unpaired) electrons. The molecule has 0 unspecified atom stereocenters. The summed E-state index contributed by atoms with van der Waals surface area (Å²) in [5, 5.41) is 3.84. The van der Waals surface area contributed by atoms with Crippen molar-refractivity contribution in [3.8, 4) is 0 Å². The highest BCUT2D eigenvalue weighted by Crippen LogP contribution is 2.26. The maximum absolute atomic E-state index is 5.93. The van der Waals surface area contributed by atoms with Crippen molar-refractivity contribution in [2.75, 3.05) is 24.6 Å². The van der Waals surface area contributed by atoms with Gasteiger partial charge in [-0.1, -0.05) is 11.6 Å². The number of hydrogen-bond donors (Lipinski definition) is 2. The molecule has 1 aliphatic heterocycles. The first kappa shape index (κ1) is 10.6. The van der Waals surface area contributed by atoms with E-state index in [2.05, 4.69) is 10.3 Å². The molecule has 1 aromatic carbocycles. The highest BCUT2D eigenvalue weighted by molar-refractivity contribution is 8.00. The number of nitrogen functional groups attached to an aromatic ring is 1. The molecule has 0 fully saturated rings. The second-order valence-electron chi connectivity index (χ2n) is 3.23. The maximum Gasteiger partial charge on any atom is 0.107 e. The highest BCUT2D eigenvalue weighted by atomic mass is 35.5. The molecule has 0 bridgehead atoms. The number of nitrogens with two attached hydrogens (primary N) is 1. The Hall–Kier alpha value is -0.870. The van der Waals surface area contributed by atoms with E-state index >= 15 is 0 Å². The Morgan fingerprint density at radius 1 is 1.53 bits per heavy atom. The molecule has 0 atom stereocenters. The third-order valence-electron chi connectivity index (χ3n) is 2.09. The zero-order valence-corrected chi connectivity index (χ0v) is 9.74. The zero-order valence-electron chi connectivity index (χ0n) is 8.16. The summed E-state index contributed by atoms with van der Waals surface area (Å²) >= 11 is 7.63. The molecule has 0 aliphatic carbocycles. The molecule has 3 N–H and O–H groups in total. The largest absolute Gasteiger partial charge is 0.398 e. The molecular formula is C10H12ClN3S. The fraction of sp³-hybridized carbons (Fsp3) is 0.300. The summed E-state index contributed by atoms with van der Waals surface area (Å²) in [6, 6.07) is 5.69. The van der Waals surface area contributed by atoms with Gasteiger partial charge in [0.05, 0.1) is 23.0 Å². The fourth-order valence-corrected chi connectivity index (χ4v) is 2.40. The number of amidine groups is 1. The van der Waals surface area contributed by atoms with Crippen molar-refractivity contribution in [2.45, 2.75) is 4.90 Å². The fourth-order valence-electron chi connectivity index (χ4n) is 1.29. The average Bonchev–Trinajstić information content (AvgIpc) is 2.73. The predicted molar refractivity (Wildman–Crippen MR) is 66.9 cm³/mol. The topological polar surface area (TPSA) is 50.4 Å². The van der Waals surface area contributed by atoms with Crippen molar-refractivity contribution in [1.82, 2.24) is 5.32 Å². The van der Waals surface area contributed by atoms with Gasteiger partial charge in [0, 0.05) is 11.4 Å². The van der Waals surface area contributed by atoms with Gasteiger partial charge in [-0.25, -0.2) is 0 Å². The van der Waals surface area contributed by atoms with Gasteiger partial charge in [0.2, 0.25) is 0 Å². The van der Waals surface area contributed by atoms with E-state index in [0.717, 1.165) is 29.6 Å². The molecule has 0 amide bonds. The molecule has 0 saturated carbocycles. The highest BCUT2D eigenvalue weighted by Gasteiger charge is 2.06. The van der Waals surface area contributed by atoms with Gasteiger partial charge in [0.1, 0.15) is 5.84 Å². The number of thioether (sulfide) groups is 1. The van der Waals surface area contributed by atoms with Crippen LogP contribution in [0.1, 0.15) is 0 Å². The van der Waals surface area contributed by atoms with E-state index in [1.807, 2.05) is 18.2 Å². The Morgan fingerprint density at radius 2 is 2.40 bits per heavy atom. The van der Waals surface area contributed by atoms with Crippen molar-refractivity contribution < 1.29 is 0 Å². The van der Waals surface area contributed by atoms with E-state index in [1.54, 1.807) is 11.8 Å². The van der Waals surface area contributed by atoms with Crippen LogP contribution in [0.3, 0.4) is 0 Å². The SMILES string of the molecule is Nc1ccc(SCC2=NCCN2)cc1Cl. The summed E-state index contributed by atoms with van der Waals surface area (Å²) in [5.41, 5.74) is 6.25. The quantitative estimate of drug-likeness (QED) is 0.629. The van der Waals surface area contributed by atoms with Crippen molar-refractivity contribution in [3.05, 3.63) is 23.2 Å². The minimum Gasteiger partial charge on any atom is -0.398 e. The van der Waals surface area contributed by atoms with E-state index in [1.165, 1.54) is 0 Å². The van der Waals surface area contributed by atoms with Crippen molar-refractivity contribution in [3.63, 3.8) is 0 Å². The van der Waals surface area contributed by atoms with Crippen molar-refractivity contribution in [1.29, 1.82) is 0 Å². The smallest absolute Gasteiger partial charge is 0.107 e. The molecule has 0 saturated heterocycles. The Balaban J connectivity index is 1.96. The summed E-state index contributed by atoms with van der Waals surface area (Å²) in [6.45, 7) is 1.84. The Labute approximate surface area is 98.1 Å². The van der Waals surface area contributed by atoms with Crippen LogP contribution in [0.4, 0.5) is 5.69 Å². The van der Waals surface area contributed by atoms with Gasteiger partial charge in [0.25, 0.3) is 0 Å². The first-order chi connectivity index (χ1) is 7.25. The molecule has 80 valence electrons. The van der Waals surface area contributed by atoms with Crippen LogP contribution in [0.2, 0.25) is 5.02 Å². The molecule has 5 heteroatoms. The number of rotatable bonds is 3. The monoisotopic (exact) mass is 241 g/mol. The molecule has 15 heavy (non-hydrogen) atoms. The van der Waals surface area contributed by atoms with Gasteiger partial charge in [-0.15, -0.1) is 11.8 Å². The van der Waals surface area contributed by atoms with Gasteiger partial charge in [-0.2, -0.15) is 0 Å². The number of aliphatic imine (C=N–C) groups is 1. The summed E-state index contributed by atoms with van der Waals surface area (Å²) in [7, 11) is 0. The number of anilines is 1. The number of benzene rings is 1. The van der Waals surface area contributed by atoms with Crippen LogP contribution in [0.25, 0.3) is 0 Å². The van der Waals surface area contributed by atoms with Gasteiger partial charge in [0.15, 0.2) is 0 Å². The Bertz CT molecular complexity index is 392. The van der Waals surface area contributed by atoms with Gasteiger partial charge in [-0.3, -0.25) is 4.99 Å². The van der Waals surface area contributed by atoms with Gasteiger partial charge < -0.3 is 11.1 Å². The molecule has 3 nitrogen and oxygen atoms in total. The first-order valence-electron chi connectivity index (χ1n) is 4.71. The van der Waals surface area contributed by atoms with E-state index in [-0.39, 0.29) is 0 Å². The van der Waals surface area contributed by atoms with Crippen LogP contribution in [0, 0.1) is 0 Å². The lowest BCUT2D eigenvalue weighted by Gasteiger charge is -2.04. The number of halogens is 1. The molecule has 0 spiro atoms. The second-order valence-corrected chi connectivity index (χ2v) is 4.68. The first-order valence-corrected chi connectivity index (χ1v) is 6.07. The van der Waals surface area contributed by atoms with Crippen molar-refractivity contribution >= 4 is 34.9 Å². The van der Waals surface area contributed by atoms with Gasteiger partial charge >= 0.3 is 0 Å². The van der Waals surface area contributed by atoms with Crippen LogP contribution in [0.15, 0.2) is 28.1 Å². The van der Waals surface area contributed by atoms with E-state index in [4.69, 9.17) is 17.3 Å². The number of nitrogens with zero attached hydrogens (tertiary/aromatic N) is 1. The Morgan fingerprint density at radius 3 is 3.07 bits per heavy atom. The standard InChI is InChI=1S/C10H12ClN3S/c11-8-5-7(1-2-9(8)12)15-6-10-13-3-4-14-10/h1-2,5H,3-4,6,12H2,(H,13,14). The lowest BCUT2D eigenvalue weighted by Crippen LogP contribution is -2.20. The van der Waals surface area contributed by atoms with E-state index in [0.29, 0.717) is 10.7 Å². The number of nitrogens with one attached hydrogen (secondary N) is 1. The van der Waals surface area contributed by atoms with Crippen LogP contribution in [-0.4, -0.2) is 24.7 Å². The third-order valence-corrected chi connectivity index (χ3v) is 3.42. The summed E-state index contributed by atoms with van der Waals surface area (Å²) in [6.07, 6.45) is 0. The van der Waals surface area contributed by atoms with E-state index < -0.39 is 0 Å². The average molecular weight is 242 g/mol. The van der Waals surface area contributed by atoms with Gasteiger partial charge in [-0.05, 0) is 18.2 Å². The van der Waals surface area contributed by atoms with E-state index in [9.17, 15) is 0 Å². The van der Waals surface area contributed by atoms with Crippen LogP contribution >= 0.6 is 23.4 Å². The van der Waals surface area contributed by atoms with Crippen LogP contribution < -0.4 is 11.1 Å². The summed E-state index contributed by atoms with van der Waals surface area (Å²) in [5.74, 6) is 1.92. The molecular weight excluding hydrogens is 230 g/mol. The van der Waals surface area contributed by atoms with Crippen molar-refractivity contribution in [2.24, 2.45) is 4.99 Å². The maximum atomic E-state index is 5.93. The normalized spacial score (nSPS) is 14.9. The molecule has 1 heterocycles. The second kappa shape index (κ2) is 4.77. The molecule has 0 aromatic heterocycles. The number of hydrogen-bond acceptors (Lipinski definition) is 4. The Kier molecular flexibility index (Phi) is 3.38. The minimum absolute atomic E-state index is 0.612. The van der Waals surface area contributed by atoms with Crippen LogP contribution in [0.5, 0.6) is 0 Å². The minimum atomic E-state index is 0.612.